The van der Waals surface area contributed by atoms with Gasteiger partial charge in [-0.25, -0.2) is 14.6 Å². The van der Waals surface area contributed by atoms with E-state index in [1.807, 2.05) is 5.32 Å². The van der Waals surface area contributed by atoms with E-state index in [1.165, 1.54) is 32.9 Å². The maximum atomic E-state index is 14.9. The number of benzene rings is 1. The lowest BCUT2D eigenvalue weighted by atomic mass is 9.94. The van der Waals surface area contributed by atoms with Crippen molar-refractivity contribution in [2.24, 2.45) is 0 Å². The summed E-state index contributed by atoms with van der Waals surface area (Å²) in [6, 6.07) is 8.15. The average molecular weight is 661 g/mol. The molecule has 46 heavy (non-hydrogen) atoms. The van der Waals surface area contributed by atoms with Crippen molar-refractivity contribution < 1.29 is 59.4 Å². The number of aldehydes is 1. The number of carbonyl (C=O) groups is 3. The summed E-state index contributed by atoms with van der Waals surface area (Å²) in [6.07, 6.45) is -12.0. The Balaban J connectivity index is 2.22. The monoisotopic (exact) mass is 660 g/mol. The van der Waals surface area contributed by atoms with Crippen LogP contribution in [0, 0.1) is 0 Å². The number of rotatable bonds is 12. The number of hydrogen-bond donors (Lipinski definition) is 1. The fourth-order valence-electron chi connectivity index (χ4n) is 4.10. The predicted octanol–water partition coefficient (Wildman–Crippen LogP) is 7.02. The van der Waals surface area contributed by atoms with Gasteiger partial charge in [-0.15, -0.1) is 10.2 Å². The van der Waals surface area contributed by atoms with Crippen molar-refractivity contribution in [3.05, 3.63) is 59.1 Å². The molecule has 0 aliphatic carbocycles. The standard InChI is InChI=1S/C29H30F6N4O7/c1-26(2,3)46-25(42)36-19-15-18(28(30,31)32)20(23(41)43-4)37-21(19)22-38-39-24(45-22)27(29(33,34)35,13-9-6-10-14-40)44-16-17-11-7-5-8-12-17/h5,7-8,11-12,14-15H,6,9-10,13,16H2,1-4H3,(H,36,42). The second kappa shape index (κ2) is 14.3. The molecule has 0 aliphatic rings. The first-order chi connectivity index (χ1) is 21.4. The molecule has 0 bridgehead atoms. The van der Waals surface area contributed by atoms with Crippen molar-refractivity contribution in [2.45, 2.75) is 76.6 Å². The van der Waals surface area contributed by atoms with Gasteiger partial charge in [0, 0.05) is 6.42 Å². The molecule has 3 aromatic rings. The van der Waals surface area contributed by atoms with Gasteiger partial charge in [-0.1, -0.05) is 30.3 Å². The minimum Gasteiger partial charge on any atom is -0.464 e. The Morgan fingerprint density at radius 1 is 1.00 bits per heavy atom. The van der Waals surface area contributed by atoms with Gasteiger partial charge in [0.15, 0.2) is 11.4 Å². The molecule has 3 rings (SSSR count). The van der Waals surface area contributed by atoms with Gasteiger partial charge in [0.1, 0.15) is 11.9 Å². The molecule has 1 amide bonds. The first-order valence-corrected chi connectivity index (χ1v) is 13.6. The largest absolute Gasteiger partial charge is 0.464 e. The van der Waals surface area contributed by atoms with Crippen molar-refractivity contribution in [2.75, 3.05) is 12.4 Å². The molecule has 1 unspecified atom stereocenters. The number of carbonyl (C=O) groups excluding carboxylic acids is 3. The molecule has 2 heterocycles. The number of unbranched alkanes of at least 4 members (excludes halogenated alkanes) is 2. The third-order valence-corrected chi connectivity index (χ3v) is 6.20. The zero-order chi connectivity index (χ0) is 34.3. The van der Waals surface area contributed by atoms with Crippen molar-refractivity contribution in [3.63, 3.8) is 0 Å². The number of esters is 1. The van der Waals surface area contributed by atoms with E-state index in [0.717, 1.165) is 7.11 Å². The van der Waals surface area contributed by atoms with Gasteiger partial charge in [0.2, 0.25) is 5.60 Å². The SMILES string of the molecule is COC(=O)c1nc(-c2nnc(C(CCCCC=O)(OCc3ccccc3)C(F)(F)F)o2)c(NC(=O)OC(C)(C)C)cc1C(F)(F)F. The zero-order valence-electron chi connectivity index (χ0n) is 25.0. The normalized spacial score (nSPS) is 13.5. The molecule has 1 aromatic carbocycles. The van der Waals surface area contributed by atoms with Gasteiger partial charge in [-0.2, -0.15) is 26.3 Å². The highest BCUT2D eigenvalue weighted by Crippen LogP contribution is 2.47. The van der Waals surface area contributed by atoms with Crippen LogP contribution < -0.4 is 5.32 Å². The number of amides is 1. The highest BCUT2D eigenvalue weighted by atomic mass is 19.4. The van der Waals surface area contributed by atoms with Crippen LogP contribution in [0.5, 0.6) is 0 Å². The topological polar surface area (TPSA) is 143 Å². The van der Waals surface area contributed by atoms with Crippen molar-refractivity contribution in [1.82, 2.24) is 15.2 Å². The van der Waals surface area contributed by atoms with E-state index in [2.05, 4.69) is 19.9 Å². The van der Waals surface area contributed by atoms with E-state index in [-0.39, 0.29) is 19.3 Å². The summed E-state index contributed by atoms with van der Waals surface area (Å²) in [5, 5.41) is 9.17. The number of hydrogen-bond acceptors (Lipinski definition) is 10. The van der Waals surface area contributed by atoms with Crippen molar-refractivity contribution in [1.29, 1.82) is 0 Å². The van der Waals surface area contributed by atoms with Crippen molar-refractivity contribution >= 4 is 24.0 Å². The molecule has 250 valence electrons. The van der Waals surface area contributed by atoms with Crippen LogP contribution in [-0.4, -0.2) is 52.4 Å². The average Bonchev–Trinajstić information content (AvgIpc) is 3.45. The number of methoxy groups -OCH3 is 1. The molecule has 0 fully saturated rings. The highest BCUT2D eigenvalue weighted by molar-refractivity contribution is 5.94. The van der Waals surface area contributed by atoms with E-state index in [9.17, 15) is 40.7 Å². The van der Waals surface area contributed by atoms with Crippen LogP contribution in [0.25, 0.3) is 11.6 Å². The Hall–Kier alpha value is -4.54. The Labute approximate surface area is 258 Å². The molecular weight excluding hydrogens is 630 g/mol. The second-order valence-corrected chi connectivity index (χ2v) is 10.8. The van der Waals surface area contributed by atoms with E-state index in [0.29, 0.717) is 17.9 Å². The lowest BCUT2D eigenvalue weighted by Crippen LogP contribution is -2.45. The molecule has 2 aromatic heterocycles. The maximum absolute atomic E-state index is 14.9. The molecule has 1 atom stereocenters. The minimum atomic E-state index is -5.20. The number of alkyl halides is 6. The first kappa shape index (κ1) is 35.9. The summed E-state index contributed by atoms with van der Waals surface area (Å²) in [7, 11) is 0.786. The summed E-state index contributed by atoms with van der Waals surface area (Å²) < 4.78 is 107. The summed E-state index contributed by atoms with van der Waals surface area (Å²) in [6.45, 7) is 3.85. The number of nitrogens with one attached hydrogen (secondary N) is 1. The summed E-state index contributed by atoms with van der Waals surface area (Å²) >= 11 is 0. The van der Waals surface area contributed by atoms with Gasteiger partial charge in [-0.3, -0.25) is 5.32 Å². The van der Waals surface area contributed by atoms with E-state index < -0.39 is 83.1 Å². The number of anilines is 1. The third kappa shape index (κ3) is 8.80. The van der Waals surface area contributed by atoms with Crippen LogP contribution in [0.4, 0.5) is 36.8 Å². The predicted molar refractivity (Wildman–Crippen MR) is 147 cm³/mol. The maximum Gasteiger partial charge on any atom is 0.426 e. The van der Waals surface area contributed by atoms with Crippen molar-refractivity contribution in [3.8, 4) is 11.6 Å². The van der Waals surface area contributed by atoms with Gasteiger partial charge >= 0.3 is 24.4 Å². The van der Waals surface area contributed by atoms with Crippen LogP contribution in [0.2, 0.25) is 0 Å². The van der Waals surface area contributed by atoms with Gasteiger partial charge in [0.05, 0.1) is 25.0 Å². The lowest BCUT2D eigenvalue weighted by Gasteiger charge is -2.32. The lowest BCUT2D eigenvalue weighted by molar-refractivity contribution is -0.300. The minimum absolute atomic E-state index is 0.0345. The van der Waals surface area contributed by atoms with Crippen LogP contribution in [0.3, 0.4) is 0 Å². The summed E-state index contributed by atoms with van der Waals surface area (Å²) in [5.41, 5.74) is -8.50. The zero-order valence-corrected chi connectivity index (χ0v) is 25.0. The molecule has 1 N–H and O–H groups in total. The van der Waals surface area contributed by atoms with Gasteiger partial charge in [0.25, 0.3) is 11.8 Å². The molecule has 17 heteroatoms. The molecule has 11 nitrogen and oxygen atoms in total. The third-order valence-electron chi connectivity index (χ3n) is 6.20. The van der Waals surface area contributed by atoms with Gasteiger partial charge < -0.3 is 23.4 Å². The number of nitrogens with zero attached hydrogens (tertiary/aromatic N) is 3. The first-order valence-electron chi connectivity index (χ1n) is 13.6. The van der Waals surface area contributed by atoms with Crippen LogP contribution in [0.1, 0.15) is 74.0 Å². The number of pyridine rings is 1. The molecule has 0 saturated heterocycles. The van der Waals surface area contributed by atoms with E-state index >= 15 is 0 Å². The fraction of sp³-hybridized carbons (Fsp3) is 0.448. The molecular formula is C29H30F6N4O7. The van der Waals surface area contributed by atoms with E-state index in [4.69, 9.17) is 13.9 Å². The Morgan fingerprint density at radius 2 is 1.67 bits per heavy atom. The number of aromatic nitrogens is 3. The molecule has 0 spiro atoms. The Bertz CT molecular complexity index is 1520. The summed E-state index contributed by atoms with van der Waals surface area (Å²) in [4.78, 5) is 39.3. The smallest absolute Gasteiger partial charge is 0.426 e. The van der Waals surface area contributed by atoms with Gasteiger partial charge in [-0.05, 0) is 51.7 Å². The van der Waals surface area contributed by atoms with Crippen LogP contribution in [0.15, 0.2) is 40.8 Å². The van der Waals surface area contributed by atoms with E-state index in [1.54, 1.807) is 18.2 Å². The number of halogens is 6. The van der Waals surface area contributed by atoms with Crippen LogP contribution in [-0.2, 0) is 37.4 Å². The Kier molecular flexibility index (Phi) is 11.1. The second-order valence-electron chi connectivity index (χ2n) is 10.8. The summed E-state index contributed by atoms with van der Waals surface area (Å²) in [5.74, 6) is -3.59. The Morgan fingerprint density at radius 3 is 2.24 bits per heavy atom. The molecule has 0 saturated carbocycles. The number of ether oxygens (including phenoxy) is 3. The molecule has 0 aliphatic heterocycles. The molecule has 0 radical (unpaired) electrons. The quantitative estimate of drug-likeness (QED) is 0.0932. The van der Waals surface area contributed by atoms with Crippen LogP contribution >= 0.6 is 0 Å². The fourth-order valence-corrected chi connectivity index (χ4v) is 4.10. The highest BCUT2D eigenvalue weighted by Gasteiger charge is 2.61.